The quantitative estimate of drug-likeness (QED) is 0.871. The highest BCUT2D eigenvalue weighted by Crippen LogP contribution is 2.25. The monoisotopic (exact) mass is 263 g/mol. The molecule has 0 aliphatic heterocycles. The molecule has 94 valence electrons. The lowest BCUT2D eigenvalue weighted by Crippen LogP contribution is -2.10. The summed E-state index contributed by atoms with van der Waals surface area (Å²) in [4.78, 5) is 3.93. The third-order valence-corrected chi connectivity index (χ3v) is 2.59. The van der Waals surface area contributed by atoms with Crippen molar-refractivity contribution in [1.29, 1.82) is 0 Å². The molecule has 0 saturated carbocycles. The Kier molecular flexibility index (Phi) is 4.39. The van der Waals surface area contributed by atoms with Crippen molar-refractivity contribution in [2.75, 3.05) is 18.5 Å². The van der Waals surface area contributed by atoms with Gasteiger partial charge in [-0.05, 0) is 30.3 Å². The van der Waals surface area contributed by atoms with E-state index in [9.17, 15) is 0 Å². The number of anilines is 2. The largest absolute Gasteiger partial charge is 0.492 e. The molecule has 0 aliphatic carbocycles. The van der Waals surface area contributed by atoms with Crippen LogP contribution in [-0.2, 0) is 0 Å². The van der Waals surface area contributed by atoms with Crippen LogP contribution in [0.25, 0.3) is 0 Å². The topological polar surface area (TPSA) is 60.2 Å². The number of nitrogens with zero attached hydrogens (tertiary/aromatic N) is 1. The Balaban J connectivity index is 2.04. The zero-order chi connectivity index (χ0) is 12.8. The fourth-order valence-electron chi connectivity index (χ4n) is 1.44. The SMILES string of the molecule is NCCOc1ccc(Nc2ccncc2Cl)cc1. The van der Waals surface area contributed by atoms with Crippen molar-refractivity contribution < 1.29 is 4.74 Å². The number of pyridine rings is 1. The number of nitrogens with one attached hydrogen (secondary N) is 1. The summed E-state index contributed by atoms with van der Waals surface area (Å²) in [6.07, 6.45) is 3.29. The van der Waals surface area contributed by atoms with E-state index in [-0.39, 0.29) is 0 Å². The van der Waals surface area contributed by atoms with Gasteiger partial charge in [0.1, 0.15) is 12.4 Å². The summed E-state index contributed by atoms with van der Waals surface area (Å²) >= 11 is 6.01. The van der Waals surface area contributed by atoms with Gasteiger partial charge in [-0.25, -0.2) is 0 Å². The van der Waals surface area contributed by atoms with Crippen molar-refractivity contribution in [3.63, 3.8) is 0 Å². The summed E-state index contributed by atoms with van der Waals surface area (Å²) < 4.78 is 5.40. The van der Waals surface area contributed by atoms with Crippen LogP contribution in [0.15, 0.2) is 42.7 Å². The molecule has 4 nitrogen and oxygen atoms in total. The Bertz CT molecular complexity index is 502. The van der Waals surface area contributed by atoms with E-state index in [1.165, 1.54) is 0 Å². The first kappa shape index (κ1) is 12.7. The fourth-order valence-corrected chi connectivity index (χ4v) is 1.61. The molecule has 0 saturated heterocycles. The highest BCUT2D eigenvalue weighted by molar-refractivity contribution is 6.33. The summed E-state index contributed by atoms with van der Waals surface area (Å²) in [5, 5.41) is 3.79. The van der Waals surface area contributed by atoms with Crippen LogP contribution >= 0.6 is 11.6 Å². The molecule has 0 bridgehead atoms. The Morgan fingerprint density at radius 1 is 1.22 bits per heavy atom. The van der Waals surface area contributed by atoms with Crippen LogP contribution in [0.4, 0.5) is 11.4 Å². The molecular formula is C13H14ClN3O. The zero-order valence-corrected chi connectivity index (χ0v) is 10.5. The van der Waals surface area contributed by atoms with E-state index >= 15 is 0 Å². The smallest absolute Gasteiger partial charge is 0.119 e. The second-order valence-corrected chi connectivity index (χ2v) is 4.05. The maximum Gasteiger partial charge on any atom is 0.119 e. The van der Waals surface area contributed by atoms with E-state index in [2.05, 4.69) is 10.3 Å². The van der Waals surface area contributed by atoms with Crippen LogP contribution in [0.2, 0.25) is 5.02 Å². The first-order chi connectivity index (χ1) is 8.79. The van der Waals surface area contributed by atoms with Gasteiger partial charge in [-0.3, -0.25) is 4.98 Å². The number of nitrogens with two attached hydrogens (primary N) is 1. The number of halogens is 1. The van der Waals surface area contributed by atoms with Crippen LogP contribution in [0.5, 0.6) is 5.75 Å². The summed E-state index contributed by atoms with van der Waals surface area (Å²) in [6.45, 7) is 1.02. The minimum atomic E-state index is 0.507. The predicted molar refractivity (Wildman–Crippen MR) is 73.5 cm³/mol. The molecule has 1 aromatic carbocycles. The Morgan fingerprint density at radius 2 is 2.00 bits per heavy atom. The molecule has 0 aliphatic rings. The minimum absolute atomic E-state index is 0.507. The second kappa shape index (κ2) is 6.23. The molecule has 2 rings (SSSR count). The standard InChI is InChI=1S/C13H14ClN3O/c14-12-9-16-7-5-13(12)17-10-1-3-11(4-2-10)18-8-6-15/h1-5,7,9H,6,8,15H2,(H,16,17). The number of rotatable bonds is 5. The molecule has 3 N–H and O–H groups in total. The number of hydrogen-bond donors (Lipinski definition) is 2. The van der Waals surface area contributed by atoms with E-state index in [0.717, 1.165) is 17.1 Å². The lowest BCUT2D eigenvalue weighted by atomic mass is 10.3. The number of hydrogen-bond acceptors (Lipinski definition) is 4. The van der Waals surface area contributed by atoms with Gasteiger partial charge in [-0.15, -0.1) is 0 Å². The molecule has 1 aromatic heterocycles. The van der Waals surface area contributed by atoms with E-state index in [4.69, 9.17) is 22.1 Å². The van der Waals surface area contributed by atoms with Crippen LogP contribution in [0.3, 0.4) is 0 Å². The summed E-state index contributed by atoms with van der Waals surface area (Å²) in [5.74, 6) is 0.798. The van der Waals surface area contributed by atoms with Crippen molar-refractivity contribution in [1.82, 2.24) is 4.98 Å². The molecule has 0 radical (unpaired) electrons. The Morgan fingerprint density at radius 3 is 2.67 bits per heavy atom. The van der Waals surface area contributed by atoms with E-state index in [0.29, 0.717) is 18.2 Å². The van der Waals surface area contributed by atoms with Gasteiger partial charge in [-0.2, -0.15) is 0 Å². The highest BCUT2D eigenvalue weighted by atomic mass is 35.5. The molecule has 18 heavy (non-hydrogen) atoms. The van der Waals surface area contributed by atoms with Crippen LogP contribution in [0.1, 0.15) is 0 Å². The molecule has 2 aromatic rings. The first-order valence-electron chi connectivity index (χ1n) is 5.59. The van der Waals surface area contributed by atoms with Gasteiger partial charge in [-0.1, -0.05) is 11.6 Å². The summed E-state index contributed by atoms with van der Waals surface area (Å²) in [7, 11) is 0. The average Bonchev–Trinajstić information content (AvgIpc) is 2.41. The van der Waals surface area contributed by atoms with Gasteiger partial charge in [0, 0.05) is 24.6 Å². The van der Waals surface area contributed by atoms with E-state index in [1.54, 1.807) is 12.4 Å². The third-order valence-electron chi connectivity index (χ3n) is 2.29. The fraction of sp³-hybridized carbons (Fsp3) is 0.154. The first-order valence-corrected chi connectivity index (χ1v) is 5.97. The van der Waals surface area contributed by atoms with Crippen molar-refractivity contribution >= 4 is 23.0 Å². The highest BCUT2D eigenvalue weighted by Gasteiger charge is 2.00. The molecule has 0 unspecified atom stereocenters. The normalized spacial score (nSPS) is 10.1. The second-order valence-electron chi connectivity index (χ2n) is 3.64. The lowest BCUT2D eigenvalue weighted by molar-refractivity contribution is 0.328. The number of ether oxygens (including phenoxy) is 1. The van der Waals surface area contributed by atoms with Gasteiger partial charge in [0.2, 0.25) is 0 Å². The van der Waals surface area contributed by atoms with Crippen molar-refractivity contribution in [2.45, 2.75) is 0 Å². The van der Waals surface area contributed by atoms with E-state index < -0.39 is 0 Å². The van der Waals surface area contributed by atoms with Crippen LogP contribution < -0.4 is 15.8 Å². The molecule has 5 heteroatoms. The predicted octanol–water partition coefficient (Wildman–Crippen LogP) is 2.82. The summed E-state index contributed by atoms with van der Waals surface area (Å²) in [6, 6.07) is 9.42. The van der Waals surface area contributed by atoms with Gasteiger partial charge in [0.15, 0.2) is 0 Å². The Hall–Kier alpha value is -1.78. The van der Waals surface area contributed by atoms with Gasteiger partial charge in [0.25, 0.3) is 0 Å². The molecular weight excluding hydrogens is 250 g/mol. The maximum atomic E-state index is 6.01. The van der Waals surface area contributed by atoms with Gasteiger partial charge in [0.05, 0.1) is 10.7 Å². The van der Waals surface area contributed by atoms with Crippen LogP contribution in [0, 0.1) is 0 Å². The number of benzene rings is 1. The Labute approximate surface area is 111 Å². The molecule has 1 heterocycles. The van der Waals surface area contributed by atoms with Crippen LogP contribution in [-0.4, -0.2) is 18.1 Å². The molecule has 0 atom stereocenters. The van der Waals surface area contributed by atoms with E-state index in [1.807, 2.05) is 30.3 Å². The van der Waals surface area contributed by atoms with Crippen molar-refractivity contribution in [2.24, 2.45) is 5.73 Å². The van der Waals surface area contributed by atoms with Crippen molar-refractivity contribution in [3.8, 4) is 5.75 Å². The van der Waals surface area contributed by atoms with Gasteiger partial charge >= 0.3 is 0 Å². The average molecular weight is 264 g/mol. The summed E-state index contributed by atoms with van der Waals surface area (Å²) in [5.41, 5.74) is 7.12. The lowest BCUT2D eigenvalue weighted by Gasteiger charge is -2.09. The van der Waals surface area contributed by atoms with Crippen molar-refractivity contribution in [3.05, 3.63) is 47.7 Å². The minimum Gasteiger partial charge on any atom is -0.492 e. The molecule has 0 spiro atoms. The maximum absolute atomic E-state index is 6.01. The molecule has 0 amide bonds. The zero-order valence-electron chi connectivity index (χ0n) is 9.77. The molecule has 0 fully saturated rings. The van der Waals surface area contributed by atoms with Gasteiger partial charge < -0.3 is 15.8 Å². The third kappa shape index (κ3) is 3.35. The number of aromatic nitrogens is 1.